The van der Waals surface area contributed by atoms with E-state index < -0.39 is 0 Å². The van der Waals surface area contributed by atoms with Crippen molar-refractivity contribution in [3.05, 3.63) is 42.0 Å². The van der Waals surface area contributed by atoms with Gasteiger partial charge in [-0.3, -0.25) is 4.79 Å². The molecule has 1 aliphatic heterocycles. The summed E-state index contributed by atoms with van der Waals surface area (Å²) in [5.41, 5.74) is 3.02. The van der Waals surface area contributed by atoms with E-state index in [1.54, 1.807) is 6.20 Å². The number of rotatable bonds is 6. The van der Waals surface area contributed by atoms with Crippen molar-refractivity contribution in [1.29, 1.82) is 0 Å². The number of nitrogens with one attached hydrogen (secondary N) is 1. The molecule has 1 aromatic rings. The summed E-state index contributed by atoms with van der Waals surface area (Å²) in [4.78, 5) is 16.5. The number of esters is 1. The molecule has 4 unspecified atom stereocenters. The van der Waals surface area contributed by atoms with Gasteiger partial charge in [0.15, 0.2) is 0 Å². The third-order valence-electron chi connectivity index (χ3n) is 6.39. The number of fused-ring (bicyclic) bond motifs is 2. The Balaban J connectivity index is 1.37. The van der Waals surface area contributed by atoms with Crippen LogP contribution < -0.4 is 5.32 Å². The van der Waals surface area contributed by atoms with E-state index >= 15 is 0 Å². The summed E-state index contributed by atoms with van der Waals surface area (Å²) in [6, 6.07) is 0. The fraction of sp³-hybridized carbons (Fsp3) is 0.619. The molecule has 0 aromatic carbocycles. The Kier molecular flexibility index (Phi) is 4.74. The number of ether oxygens (including phenoxy) is 1. The zero-order valence-corrected chi connectivity index (χ0v) is 15.8. The Bertz CT molecular complexity index is 722. The molecule has 0 radical (unpaired) electrons. The molecule has 3 aliphatic rings. The van der Waals surface area contributed by atoms with Crippen LogP contribution in [0.4, 0.5) is 0 Å². The van der Waals surface area contributed by atoms with Crippen LogP contribution in [0.2, 0.25) is 0 Å². The van der Waals surface area contributed by atoms with Gasteiger partial charge in [0.1, 0.15) is 6.10 Å². The second-order valence-electron chi connectivity index (χ2n) is 8.29. The van der Waals surface area contributed by atoms with Crippen molar-refractivity contribution >= 4 is 5.97 Å². The number of carbonyl (C=O) groups excluding carboxylic acids is 1. The molecule has 0 bridgehead atoms. The highest BCUT2D eigenvalue weighted by Crippen LogP contribution is 2.52. The Hall–Kier alpha value is -1.88. The molecule has 0 saturated carbocycles. The molecule has 26 heavy (non-hydrogen) atoms. The number of aromatic nitrogens is 2. The minimum atomic E-state index is -0.0555. The highest BCUT2D eigenvalue weighted by atomic mass is 16.6. The molecule has 4 atom stereocenters. The SMILES string of the molecule is CC1=CCCC2(C)CC3OC(=O)C(CNCCCn4ccnc4)C3C=C12. The summed E-state index contributed by atoms with van der Waals surface area (Å²) in [5, 5.41) is 3.47. The first-order valence-corrected chi connectivity index (χ1v) is 9.83. The van der Waals surface area contributed by atoms with Gasteiger partial charge in [0.2, 0.25) is 0 Å². The Morgan fingerprint density at radius 3 is 3.15 bits per heavy atom. The third-order valence-corrected chi connectivity index (χ3v) is 6.39. The van der Waals surface area contributed by atoms with Crippen LogP contribution in [-0.4, -0.2) is 34.7 Å². The predicted octanol–water partition coefficient (Wildman–Crippen LogP) is 3.10. The van der Waals surface area contributed by atoms with Crippen LogP contribution >= 0.6 is 0 Å². The molecule has 1 fully saturated rings. The van der Waals surface area contributed by atoms with E-state index in [9.17, 15) is 4.79 Å². The number of hydrogen-bond acceptors (Lipinski definition) is 4. The van der Waals surface area contributed by atoms with Crippen LogP contribution in [0.15, 0.2) is 42.0 Å². The first-order valence-electron chi connectivity index (χ1n) is 9.83. The third kappa shape index (κ3) is 3.25. The van der Waals surface area contributed by atoms with Crippen molar-refractivity contribution < 1.29 is 9.53 Å². The van der Waals surface area contributed by atoms with Crippen molar-refractivity contribution in [1.82, 2.24) is 14.9 Å². The predicted molar refractivity (Wildman–Crippen MR) is 100 cm³/mol. The Morgan fingerprint density at radius 2 is 2.35 bits per heavy atom. The number of hydrogen-bond donors (Lipinski definition) is 1. The average molecular weight is 355 g/mol. The monoisotopic (exact) mass is 355 g/mol. The van der Waals surface area contributed by atoms with Crippen molar-refractivity contribution in [3.63, 3.8) is 0 Å². The van der Waals surface area contributed by atoms with E-state index in [0.717, 1.165) is 38.8 Å². The molecule has 5 heteroatoms. The van der Waals surface area contributed by atoms with E-state index in [2.05, 4.69) is 40.9 Å². The maximum Gasteiger partial charge on any atom is 0.311 e. The van der Waals surface area contributed by atoms with Crippen molar-refractivity contribution in [2.75, 3.05) is 13.1 Å². The smallest absolute Gasteiger partial charge is 0.311 e. The molecular formula is C21H29N3O2. The zero-order valence-electron chi connectivity index (χ0n) is 15.8. The van der Waals surface area contributed by atoms with Gasteiger partial charge in [-0.25, -0.2) is 4.98 Å². The lowest BCUT2D eigenvalue weighted by atomic mass is 9.62. The van der Waals surface area contributed by atoms with Crippen LogP contribution in [0.5, 0.6) is 0 Å². The fourth-order valence-corrected chi connectivity index (χ4v) is 4.92. The van der Waals surface area contributed by atoms with Gasteiger partial charge < -0.3 is 14.6 Å². The molecule has 1 N–H and O–H groups in total. The minimum absolute atomic E-state index is 0.0251. The highest BCUT2D eigenvalue weighted by molar-refractivity contribution is 5.76. The summed E-state index contributed by atoms with van der Waals surface area (Å²) < 4.78 is 7.86. The molecule has 5 nitrogen and oxygen atoms in total. The first-order chi connectivity index (χ1) is 12.6. The number of imidazole rings is 1. The first kappa shape index (κ1) is 17.5. The van der Waals surface area contributed by atoms with Crippen molar-refractivity contribution in [3.8, 4) is 0 Å². The summed E-state index contributed by atoms with van der Waals surface area (Å²) in [6.07, 6.45) is 14.7. The molecule has 1 aromatic heterocycles. The molecule has 140 valence electrons. The Labute approximate surface area is 155 Å². The van der Waals surface area contributed by atoms with Gasteiger partial charge in [-0.15, -0.1) is 0 Å². The van der Waals surface area contributed by atoms with E-state index in [0.29, 0.717) is 6.54 Å². The molecule has 4 rings (SSSR count). The molecular weight excluding hydrogens is 326 g/mol. The van der Waals surface area contributed by atoms with Crippen LogP contribution in [-0.2, 0) is 16.1 Å². The second-order valence-corrected chi connectivity index (χ2v) is 8.29. The van der Waals surface area contributed by atoms with Gasteiger partial charge in [-0.1, -0.05) is 24.6 Å². The second kappa shape index (κ2) is 7.03. The maximum atomic E-state index is 12.5. The van der Waals surface area contributed by atoms with Gasteiger partial charge >= 0.3 is 5.97 Å². The normalized spacial score (nSPS) is 33.2. The lowest BCUT2D eigenvalue weighted by molar-refractivity contribution is -0.145. The summed E-state index contributed by atoms with van der Waals surface area (Å²) in [5.74, 6) is 0.135. The van der Waals surface area contributed by atoms with Gasteiger partial charge in [0, 0.05) is 31.4 Å². The van der Waals surface area contributed by atoms with Crippen molar-refractivity contribution in [2.24, 2.45) is 17.3 Å². The largest absolute Gasteiger partial charge is 0.461 e. The van der Waals surface area contributed by atoms with E-state index in [-0.39, 0.29) is 29.3 Å². The standard InChI is InChI=1S/C21H29N3O2/c1-15-5-3-6-21(2)12-19-16(11-18(15)21)17(20(25)26-19)13-22-7-4-9-24-10-8-23-14-24/h5,8,10-11,14,16-17,19,22H,3-4,6-7,9,12-13H2,1-2H3. The fourth-order valence-electron chi connectivity index (χ4n) is 4.92. The zero-order chi connectivity index (χ0) is 18.1. The molecule has 0 spiro atoms. The lowest BCUT2D eigenvalue weighted by Gasteiger charge is -2.42. The van der Waals surface area contributed by atoms with E-state index in [1.165, 1.54) is 11.1 Å². The highest BCUT2D eigenvalue weighted by Gasteiger charge is 2.50. The topological polar surface area (TPSA) is 56.1 Å². The lowest BCUT2D eigenvalue weighted by Crippen LogP contribution is -2.38. The maximum absolute atomic E-state index is 12.5. The summed E-state index contributed by atoms with van der Waals surface area (Å²) in [7, 11) is 0. The number of aryl methyl sites for hydroxylation is 1. The number of carbonyl (C=O) groups is 1. The van der Waals surface area contributed by atoms with Gasteiger partial charge in [0.05, 0.1) is 12.2 Å². The molecule has 2 heterocycles. The van der Waals surface area contributed by atoms with Crippen LogP contribution in [0, 0.1) is 17.3 Å². The number of allylic oxidation sites excluding steroid dienone is 3. The quantitative estimate of drug-likeness (QED) is 0.629. The van der Waals surface area contributed by atoms with Gasteiger partial charge in [-0.05, 0) is 50.1 Å². The summed E-state index contributed by atoms with van der Waals surface area (Å²) in [6.45, 7) is 7.09. The average Bonchev–Trinajstić information content (AvgIpc) is 3.21. The van der Waals surface area contributed by atoms with Crippen molar-refractivity contribution in [2.45, 2.75) is 52.2 Å². The van der Waals surface area contributed by atoms with E-state index in [1.807, 2.05) is 12.5 Å². The Morgan fingerprint density at radius 1 is 1.46 bits per heavy atom. The number of nitrogens with zero attached hydrogens (tertiary/aromatic N) is 2. The molecule has 2 aliphatic carbocycles. The summed E-state index contributed by atoms with van der Waals surface area (Å²) >= 11 is 0. The van der Waals surface area contributed by atoms with Crippen LogP contribution in [0.1, 0.15) is 39.5 Å². The minimum Gasteiger partial charge on any atom is -0.461 e. The molecule has 0 amide bonds. The van der Waals surface area contributed by atoms with Crippen LogP contribution in [0.3, 0.4) is 0 Å². The van der Waals surface area contributed by atoms with Gasteiger partial charge in [-0.2, -0.15) is 0 Å². The van der Waals surface area contributed by atoms with E-state index in [4.69, 9.17) is 4.74 Å². The van der Waals surface area contributed by atoms with Crippen LogP contribution in [0.25, 0.3) is 0 Å². The molecule has 1 saturated heterocycles. The van der Waals surface area contributed by atoms with Gasteiger partial charge in [0.25, 0.3) is 0 Å².